The third kappa shape index (κ3) is 0.969. The van der Waals surface area contributed by atoms with E-state index in [0.29, 0.717) is 6.42 Å². The van der Waals surface area contributed by atoms with E-state index >= 15 is 0 Å². The van der Waals surface area contributed by atoms with E-state index in [1.807, 2.05) is 12.2 Å². The molecule has 14 heavy (non-hydrogen) atoms. The van der Waals surface area contributed by atoms with Gasteiger partial charge >= 0.3 is 0 Å². The summed E-state index contributed by atoms with van der Waals surface area (Å²) in [5, 5.41) is 0. The molecule has 0 amide bonds. The van der Waals surface area contributed by atoms with Gasteiger partial charge in [0.25, 0.3) is 0 Å². The van der Waals surface area contributed by atoms with Gasteiger partial charge in [-0.15, -0.1) is 0 Å². The molecule has 0 unspecified atom stereocenters. The van der Waals surface area contributed by atoms with Gasteiger partial charge in [0.05, 0.1) is 5.70 Å². The number of hydrogen-bond acceptors (Lipinski definition) is 2. The lowest BCUT2D eigenvalue weighted by Gasteiger charge is -2.13. The molecule has 0 N–H and O–H groups in total. The number of allylic oxidation sites excluding steroid dienone is 5. The van der Waals surface area contributed by atoms with Crippen LogP contribution in [0.5, 0.6) is 0 Å². The summed E-state index contributed by atoms with van der Waals surface area (Å²) in [6.45, 7) is 0. The van der Waals surface area contributed by atoms with Crippen molar-refractivity contribution in [3.63, 3.8) is 0 Å². The fourth-order valence-electron chi connectivity index (χ4n) is 2.31. The summed E-state index contributed by atoms with van der Waals surface area (Å²) in [6.07, 6.45) is 9.80. The Labute approximate surface area is 82.7 Å². The van der Waals surface area contributed by atoms with Crippen LogP contribution in [-0.2, 0) is 4.79 Å². The Bertz CT molecular complexity index is 435. The van der Waals surface area contributed by atoms with Crippen LogP contribution in [0.2, 0.25) is 0 Å². The largest absolute Gasteiger partial charge is 0.292 e. The Kier molecular flexibility index (Phi) is 1.57. The van der Waals surface area contributed by atoms with Gasteiger partial charge in [-0.25, -0.2) is 4.99 Å². The van der Waals surface area contributed by atoms with Crippen molar-refractivity contribution >= 4 is 11.5 Å². The molecule has 0 radical (unpaired) electrons. The fraction of sp³-hybridized carbons (Fsp3) is 0.333. The van der Waals surface area contributed by atoms with Gasteiger partial charge in [0.15, 0.2) is 5.78 Å². The van der Waals surface area contributed by atoms with Crippen molar-refractivity contribution in [1.82, 2.24) is 0 Å². The highest BCUT2D eigenvalue weighted by Gasteiger charge is 2.30. The summed E-state index contributed by atoms with van der Waals surface area (Å²) in [4.78, 5) is 16.0. The van der Waals surface area contributed by atoms with E-state index in [1.165, 1.54) is 11.1 Å². The molecule has 0 aromatic rings. The van der Waals surface area contributed by atoms with Crippen LogP contribution in [0.1, 0.15) is 25.7 Å². The summed E-state index contributed by atoms with van der Waals surface area (Å²) in [5.41, 5.74) is 4.28. The van der Waals surface area contributed by atoms with Crippen molar-refractivity contribution in [2.75, 3.05) is 0 Å². The van der Waals surface area contributed by atoms with Crippen LogP contribution in [0.4, 0.5) is 0 Å². The Morgan fingerprint density at radius 3 is 3.07 bits per heavy atom. The van der Waals surface area contributed by atoms with Crippen LogP contribution in [0.3, 0.4) is 0 Å². The molecule has 1 saturated carbocycles. The van der Waals surface area contributed by atoms with Gasteiger partial charge in [-0.1, -0.05) is 12.2 Å². The molecule has 70 valence electrons. The van der Waals surface area contributed by atoms with Gasteiger partial charge < -0.3 is 0 Å². The molecule has 0 bridgehead atoms. The first-order valence-electron chi connectivity index (χ1n) is 5.08. The minimum atomic E-state index is 0.231. The number of Topliss-reactive ketones (excluding diaryl/α,β-unsaturated/α-hetero) is 1. The lowest BCUT2D eigenvalue weighted by molar-refractivity contribution is -0.113. The zero-order valence-electron chi connectivity index (χ0n) is 7.92. The lowest BCUT2D eigenvalue weighted by atomic mass is 9.88. The van der Waals surface area contributed by atoms with Crippen molar-refractivity contribution in [2.45, 2.75) is 25.7 Å². The summed E-state index contributed by atoms with van der Waals surface area (Å²) in [7, 11) is 0. The van der Waals surface area contributed by atoms with Crippen molar-refractivity contribution in [3.8, 4) is 0 Å². The average molecular weight is 185 g/mol. The number of hydrogen-bond donors (Lipinski definition) is 0. The molecule has 3 rings (SSSR count). The zero-order chi connectivity index (χ0) is 9.54. The zero-order valence-corrected chi connectivity index (χ0v) is 7.92. The Hall–Kier alpha value is -1.44. The highest BCUT2D eigenvalue weighted by Crippen LogP contribution is 2.36. The number of aliphatic imine (C=N–C) groups is 1. The summed E-state index contributed by atoms with van der Waals surface area (Å²) in [6, 6.07) is 0. The molecule has 1 heterocycles. The molecule has 3 aliphatic rings. The van der Waals surface area contributed by atoms with E-state index in [0.717, 1.165) is 30.7 Å². The predicted molar refractivity (Wildman–Crippen MR) is 55.2 cm³/mol. The van der Waals surface area contributed by atoms with Crippen molar-refractivity contribution in [1.29, 1.82) is 0 Å². The van der Waals surface area contributed by atoms with Crippen LogP contribution < -0.4 is 0 Å². The molecule has 0 saturated heterocycles. The summed E-state index contributed by atoms with van der Waals surface area (Å²) < 4.78 is 0. The molecule has 2 aliphatic carbocycles. The molecule has 2 nitrogen and oxygen atoms in total. The molecular weight excluding hydrogens is 174 g/mol. The number of nitrogens with zero attached hydrogens (tertiary/aromatic N) is 1. The number of carbonyl (C=O) groups excluding carboxylic acids is 1. The van der Waals surface area contributed by atoms with E-state index in [4.69, 9.17) is 0 Å². The lowest BCUT2D eigenvalue weighted by Crippen LogP contribution is -2.19. The first-order valence-corrected chi connectivity index (χ1v) is 5.08. The monoisotopic (exact) mass is 185 g/mol. The van der Waals surface area contributed by atoms with Gasteiger partial charge in [-0.05, 0) is 36.5 Å². The van der Waals surface area contributed by atoms with E-state index in [-0.39, 0.29) is 5.78 Å². The quantitative estimate of drug-likeness (QED) is 0.569. The molecule has 0 spiro atoms. The van der Waals surface area contributed by atoms with E-state index in [2.05, 4.69) is 11.1 Å². The minimum Gasteiger partial charge on any atom is -0.292 e. The van der Waals surface area contributed by atoms with Crippen LogP contribution in [0.25, 0.3) is 0 Å². The topological polar surface area (TPSA) is 29.4 Å². The molecular formula is C12H11NO. The standard InChI is InChI=1S/C12H11NO/c14-11-7-3-5-9-8-4-1-2-6-10(8)13-12(9)11/h1-2,6H,3-5,7H2. The summed E-state index contributed by atoms with van der Waals surface area (Å²) >= 11 is 0. The maximum absolute atomic E-state index is 11.6. The van der Waals surface area contributed by atoms with Crippen molar-refractivity contribution in [2.24, 2.45) is 4.99 Å². The predicted octanol–water partition coefficient (Wildman–Crippen LogP) is 2.33. The van der Waals surface area contributed by atoms with Crippen LogP contribution in [0.15, 0.2) is 40.1 Å². The second kappa shape index (κ2) is 2.77. The van der Waals surface area contributed by atoms with Crippen molar-refractivity contribution < 1.29 is 4.79 Å². The van der Waals surface area contributed by atoms with Gasteiger partial charge in [-0.3, -0.25) is 4.79 Å². The third-order valence-electron chi connectivity index (χ3n) is 3.00. The van der Waals surface area contributed by atoms with Gasteiger partial charge in [0.2, 0.25) is 0 Å². The molecule has 1 fully saturated rings. The Morgan fingerprint density at radius 2 is 2.14 bits per heavy atom. The molecule has 0 aromatic heterocycles. The first-order chi connectivity index (χ1) is 6.86. The number of carbonyl (C=O) groups is 1. The van der Waals surface area contributed by atoms with E-state index in [1.54, 1.807) is 0 Å². The maximum Gasteiger partial charge on any atom is 0.181 e. The molecule has 2 heteroatoms. The molecule has 0 atom stereocenters. The van der Waals surface area contributed by atoms with Crippen LogP contribution in [0, 0.1) is 0 Å². The van der Waals surface area contributed by atoms with Gasteiger partial charge in [0, 0.05) is 6.42 Å². The number of rotatable bonds is 0. The SMILES string of the molecule is O=C1CCCC2=C3CC=CC=C3N=C12. The number of fused-ring (bicyclic) bond motifs is 2. The van der Waals surface area contributed by atoms with E-state index in [9.17, 15) is 4.79 Å². The van der Waals surface area contributed by atoms with Crippen molar-refractivity contribution in [3.05, 3.63) is 35.1 Å². The third-order valence-corrected chi connectivity index (χ3v) is 3.00. The second-order valence-corrected chi connectivity index (χ2v) is 3.88. The Balaban J connectivity index is 2.14. The van der Waals surface area contributed by atoms with Crippen LogP contribution >= 0.6 is 0 Å². The smallest absolute Gasteiger partial charge is 0.181 e. The summed E-state index contributed by atoms with van der Waals surface area (Å²) in [5.74, 6) is 0.231. The van der Waals surface area contributed by atoms with Crippen LogP contribution in [-0.4, -0.2) is 11.5 Å². The highest BCUT2D eigenvalue weighted by molar-refractivity contribution is 6.48. The number of ketones is 1. The van der Waals surface area contributed by atoms with E-state index < -0.39 is 0 Å². The Morgan fingerprint density at radius 1 is 1.21 bits per heavy atom. The highest BCUT2D eigenvalue weighted by atomic mass is 16.1. The second-order valence-electron chi connectivity index (χ2n) is 3.88. The van der Waals surface area contributed by atoms with Gasteiger partial charge in [-0.2, -0.15) is 0 Å². The molecule has 0 aromatic carbocycles. The normalized spacial score (nSPS) is 24.4. The minimum absolute atomic E-state index is 0.231. The van der Waals surface area contributed by atoms with Gasteiger partial charge in [0.1, 0.15) is 5.71 Å². The maximum atomic E-state index is 11.6. The first kappa shape index (κ1) is 7.92. The fourth-order valence-corrected chi connectivity index (χ4v) is 2.31. The molecule has 1 aliphatic heterocycles. The average Bonchev–Trinajstić information content (AvgIpc) is 2.59.